The molecule has 0 amide bonds. The standard InChI is InChI=1S/C9H10.C8H8.C4H6.2C3H3N/c1-8(2)9-6-4-3-5-7-9;1-2-8-6-4-3-5-7-8;1-3-4-2;2*1-2-3-4/h3-7H,1H2,2H3;2-7H,1H2;3-4H,1-2H2;2*2H,1H2. The summed E-state index contributed by atoms with van der Waals surface area (Å²) in [5.74, 6) is 0. The molecule has 0 atom stereocenters. The van der Waals surface area contributed by atoms with Gasteiger partial charge in [0.2, 0.25) is 0 Å². The van der Waals surface area contributed by atoms with E-state index in [1.54, 1.807) is 24.3 Å². The molecule has 0 N–H and O–H groups in total. The van der Waals surface area contributed by atoms with Crippen LogP contribution in [0.15, 0.2) is 124 Å². The van der Waals surface area contributed by atoms with Gasteiger partial charge in [-0.3, -0.25) is 0 Å². The normalized spacial score (nSPS) is 6.86. The first-order valence-electron chi connectivity index (χ1n) is 8.61. The van der Waals surface area contributed by atoms with Crippen LogP contribution >= 0.6 is 0 Å². The molecule has 2 aromatic rings. The molecule has 0 saturated heterocycles. The van der Waals surface area contributed by atoms with Gasteiger partial charge in [0.05, 0.1) is 12.1 Å². The van der Waals surface area contributed by atoms with Gasteiger partial charge in [-0.1, -0.05) is 124 Å². The maximum absolute atomic E-state index is 7.51. The molecule has 0 aliphatic carbocycles. The lowest BCUT2D eigenvalue weighted by atomic mass is 10.1. The fourth-order valence-corrected chi connectivity index (χ4v) is 1.31. The lowest BCUT2D eigenvalue weighted by Gasteiger charge is -1.94. The molecular weight excluding hydrogens is 352 g/mol. The highest BCUT2D eigenvalue weighted by Crippen LogP contribution is 2.08. The second kappa shape index (κ2) is 26.1. The fraction of sp³-hybridized carbons (Fsp3) is 0.0370. The largest absolute Gasteiger partial charge is 0.193 e. The SMILES string of the molecule is C=C(C)c1ccccc1.C=CC#N.C=CC#N.C=CC=C.C=Cc1ccccc1. The summed E-state index contributed by atoms with van der Waals surface area (Å²) in [5, 5.41) is 15.0. The second-order valence-electron chi connectivity index (χ2n) is 4.90. The number of hydrogen-bond acceptors (Lipinski definition) is 2. The van der Waals surface area contributed by atoms with E-state index in [-0.39, 0.29) is 0 Å². The molecule has 0 spiro atoms. The first-order valence-corrected chi connectivity index (χ1v) is 8.61. The number of allylic oxidation sites excluding steroid dienone is 5. The van der Waals surface area contributed by atoms with E-state index in [4.69, 9.17) is 10.5 Å². The molecule has 2 nitrogen and oxygen atoms in total. The summed E-state index contributed by atoms with van der Waals surface area (Å²) in [5.41, 5.74) is 3.51. The molecule has 0 bridgehead atoms. The van der Waals surface area contributed by atoms with Crippen molar-refractivity contribution >= 4 is 11.6 Å². The maximum Gasteiger partial charge on any atom is 0.0905 e. The topological polar surface area (TPSA) is 47.6 Å². The Morgan fingerprint density at radius 3 is 1.24 bits per heavy atom. The average Bonchev–Trinajstić information content (AvgIpc) is 2.81. The van der Waals surface area contributed by atoms with Gasteiger partial charge in [-0.05, 0) is 18.1 Å². The van der Waals surface area contributed by atoms with E-state index in [1.165, 1.54) is 23.3 Å². The van der Waals surface area contributed by atoms with E-state index in [0.29, 0.717) is 0 Å². The van der Waals surface area contributed by atoms with Gasteiger partial charge in [0.25, 0.3) is 0 Å². The second-order valence-corrected chi connectivity index (χ2v) is 4.90. The summed E-state index contributed by atoms with van der Waals surface area (Å²) in [6.07, 6.45) is 7.47. The Hall–Kier alpha value is -4.14. The third kappa shape index (κ3) is 26.2. The molecule has 148 valence electrons. The van der Waals surface area contributed by atoms with Crippen LogP contribution in [0.5, 0.6) is 0 Å². The van der Waals surface area contributed by atoms with Gasteiger partial charge in [-0.2, -0.15) is 10.5 Å². The van der Waals surface area contributed by atoms with Crippen molar-refractivity contribution in [2.75, 3.05) is 0 Å². The van der Waals surface area contributed by atoms with Crippen molar-refractivity contribution in [3.8, 4) is 12.1 Å². The highest BCUT2D eigenvalue weighted by molar-refractivity contribution is 5.60. The predicted molar refractivity (Wildman–Crippen MR) is 130 cm³/mol. The van der Waals surface area contributed by atoms with Crippen LogP contribution in [0.25, 0.3) is 11.6 Å². The molecule has 2 heteroatoms. The molecule has 0 aliphatic heterocycles. The van der Waals surface area contributed by atoms with Gasteiger partial charge in [0, 0.05) is 12.2 Å². The number of nitrogens with zero attached hydrogens (tertiary/aromatic N) is 2. The molecule has 2 aromatic carbocycles. The zero-order valence-electron chi connectivity index (χ0n) is 17.3. The molecule has 0 aliphatic rings. The zero-order valence-corrected chi connectivity index (χ0v) is 17.3. The third-order valence-electron chi connectivity index (χ3n) is 2.65. The van der Waals surface area contributed by atoms with Crippen molar-refractivity contribution in [3.05, 3.63) is 136 Å². The van der Waals surface area contributed by atoms with Crippen LogP contribution in [-0.2, 0) is 0 Å². The minimum Gasteiger partial charge on any atom is -0.193 e. The van der Waals surface area contributed by atoms with Crippen molar-refractivity contribution in [2.45, 2.75) is 6.92 Å². The van der Waals surface area contributed by atoms with E-state index in [0.717, 1.165) is 5.57 Å². The van der Waals surface area contributed by atoms with E-state index < -0.39 is 0 Å². The van der Waals surface area contributed by atoms with Crippen molar-refractivity contribution < 1.29 is 0 Å². The Kier molecular flexibility index (Phi) is 26.6. The number of rotatable bonds is 3. The zero-order chi connectivity index (χ0) is 22.8. The average molecular weight is 383 g/mol. The molecule has 0 aromatic heterocycles. The molecule has 0 saturated carbocycles. The quantitative estimate of drug-likeness (QED) is 0.401. The molecule has 29 heavy (non-hydrogen) atoms. The number of hydrogen-bond donors (Lipinski definition) is 0. The Labute approximate surface area is 177 Å². The van der Waals surface area contributed by atoms with Crippen molar-refractivity contribution in [1.29, 1.82) is 10.5 Å². The van der Waals surface area contributed by atoms with Crippen LogP contribution in [0.3, 0.4) is 0 Å². The predicted octanol–water partition coefficient (Wildman–Crippen LogP) is 7.80. The van der Waals surface area contributed by atoms with E-state index in [2.05, 4.69) is 51.6 Å². The van der Waals surface area contributed by atoms with Crippen LogP contribution in [0.4, 0.5) is 0 Å². The van der Waals surface area contributed by atoms with Crippen LogP contribution in [0, 0.1) is 22.7 Å². The van der Waals surface area contributed by atoms with Crippen LogP contribution in [0.2, 0.25) is 0 Å². The Bertz CT molecular complexity index is 762. The van der Waals surface area contributed by atoms with E-state index >= 15 is 0 Å². The summed E-state index contributed by atoms with van der Waals surface area (Å²) in [6.45, 7) is 22.4. The Morgan fingerprint density at radius 2 is 1.07 bits per heavy atom. The van der Waals surface area contributed by atoms with Gasteiger partial charge in [0.15, 0.2) is 0 Å². The lowest BCUT2D eigenvalue weighted by Crippen LogP contribution is -1.72. The monoisotopic (exact) mass is 382 g/mol. The van der Waals surface area contributed by atoms with Crippen molar-refractivity contribution in [2.24, 2.45) is 0 Å². The van der Waals surface area contributed by atoms with Gasteiger partial charge < -0.3 is 0 Å². The highest BCUT2D eigenvalue weighted by Gasteiger charge is 1.86. The van der Waals surface area contributed by atoms with Crippen molar-refractivity contribution in [1.82, 2.24) is 0 Å². The molecule has 0 heterocycles. The minimum absolute atomic E-state index is 1.12. The molecule has 0 unspecified atom stereocenters. The Morgan fingerprint density at radius 1 is 0.724 bits per heavy atom. The van der Waals surface area contributed by atoms with E-state index in [9.17, 15) is 0 Å². The summed E-state index contributed by atoms with van der Waals surface area (Å²) in [7, 11) is 0. The number of nitriles is 2. The van der Waals surface area contributed by atoms with E-state index in [1.807, 2.05) is 61.5 Å². The molecular formula is C27H30N2. The summed E-state index contributed by atoms with van der Waals surface area (Å²) < 4.78 is 0. The van der Waals surface area contributed by atoms with Gasteiger partial charge in [0.1, 0.15) is 0 Å². The highest BCUT2D eigenvalue weighted by atomic mass is 14.2. The fourth-order valence-electron chi connectivity index (χ4n) is 1.31. The maximum atomic E-state index is 7.51. The summed E-state index contributed by atoms with van der Waals surface area (Å²) >= 11 is 0. The summed E-state index contributed by atoms with van der Waals surface area (Å²) in [4.78, 5) is 0. The van der Waals surface area contributed by atoms with Crippen LogP contribution in [0.1, 0.15) is 18.1 Å². The number of benzene rings is 2. The van der Waals surface area contributed by atoms with Gasteiger partial charge >= 0.3 is 0 Å². The summed E-state index contributed by atoms with van der Waals surface area (Å²) in [6, 6.07) is 23.6. The third-order valence-corrected chi connectivity index (χ3v) is 2.65. The minimum atomic E-state index is 1.12. The first kappa shape index (κ1) is 29.6. The van der Waals surface area contributed by atoms with Gasteiger partial charge in [-0.25, -0.2) is 0 Å². The van der Waals surface area contributed by atoms with Gasteiger partial charge in [-0.15, -0.1) is 0 Å². The smallest absolute Gasteiger partial charge is 0.0905 e. The lowest BCUT2D eigenvalue weighted by molar-refractivity contribution is 1.54. The molecule has 2 rings (SSSR count). The van der Waals surface area contributed by atoms with Crippen molar-refractivity contribution in [3.63, 3.8) is 0 Å². The first-order chi connectivity index (χ1) is 14.0. The Balaban J connectivity index is -0.000000310. The molecule has 0 fully saturated rings. The molecule has 0 radical (unpaired) electrons. The van der Waals surface area contributed by atoms with Crippen LogP contribution in [-0.4, -0.2) is 0 Å². The van der Waals surface area contributed by atoms with Crippen LogP contribution < -0.4 is 0 Å².